The second-order valence-corrected chi connectivity index (χ2v) is 7.07. The Bertz CT molecular complexity index is 905. The summed E-state index contributed by atoms with van der Waals surface area (Å²) in [5.41, 5.74) is 2.49. The first kappa shape index (κ1) is 18.1. The molecule has 0 atom stereocenters. The Balaban J connectivity index is 1.78. The molecule has 2 aliphatic rings. The van der Waals surface area contributed by atoms with Gasteiger partial charge in [-0.15, -0.1) is 4.73 Å². The maximum absolute atomic E-state index is 12.6. The molecule has 8 heteroatoms. The first-order valence-electron chi connectivity index (χ1n) is 9.35. The number of hydrogen-bond acceptors (Lipinski definition) is 7. The van der Waals surface area contributed by atoms with Gasteiger partial charge in [-0.1, -0.05) is 0 Å². The van der Waals surface area contributed by atoms with Crippen molar-refractivity contribution < 1.29 is 14.7 Å². The Morgan fingerprint density at radius 1 is 1.33 bits per heavy atom. The van der Waals surface area contributed by atoms with Gasteiger partial charge in [0.05, 0.1) is 36.9 Å². The average Bonchev–Trinajstić information content (AvgIpc) is 2.72. The van der Waals surface area contributed by atoms with E-state index in [1.165, 1.54) is 0 Å². The van der Waals surface area contributed by atoms with Gasteiger partial charge in [0, 0.05) is 38.8 Å². The standard InChI is InChI=1S/C19H26N4O4/c1-21(22-6-8-27-9-7-22)12-13-10-15-17(16(11-13)26-2)18-14(4-3-5-20-18)19(24)23(15)25/h10-11,20,25H,3-9,12H2,1-2H3. The van der Waals surface area contributed by atoms with Gasteiger partial charge in [-0.3, -0.25) is 4.79 Å². The van der Waals surface area contributed by atoms with Crippen molar-refractivity contribution in [3.05, 3.63) is 33.6 Å². The molecule has 2 N–H and O–H groups in total. The zero-order valence-electron chi connectivity index (χ0n) is 15.8. The fourth-order valence-electron chi connectivity index (χ4n) is 3.99. The molecule has 1 aromatic heterocycles. The van der Waals surface area contributed by atoms with Crippen molar-refractivity contribution in [3.63, 3.8) is 0 Å². The average molecular weight is 374 g/mol. The number of ether oxygens (including phenoxy) is 2. The zero-order valence-corrected chi connectivity index (χ0v) is 15.8. The first-order valence-corrected chi connectivity index (χ1v) is 9.35. The lowest BCUT2D eigenvalue weighted by atomic mass is 9.99. The van der Waals surface area contributed by atoms with Crippen LogP contribution >= 0.6 is 0 Å². The molecule has 0 unspecified atom stereocenters. The SMILES string of the molecule is COc1cc(CN(C)N2CCOCC2)cc2c1c1c(c(=O)n2O)CCCN1. The number of fused-ring (bicyclic) bond motifs is 3. The predicted molar refractivity (Wildman–Crippen MR) is 103 cm³/mol. The fourth-order valence-corrected chi connectivity index (χ4v) is 3.99. The number of benzene rings is 1. The van der Waals surface area contributed by atoms with E-state index in [0.29, 0.717) is 29.8 Å². The third-order valence-electron chi connectivity index (χ3n) is 5.38. The highest BCUT2D eigenvalue weighted by atomic mass is 16.5. The third kappa shape index (κ3) is 3.24. The minimum Gasteiger partial charge on any atom is -0.496 e. The topological polar surface area (TPSA) is 79.2 Å². The molecule has 3 heterocycles. The number of pyridine rings is 1. The van der Waals surface area contributed by atoms with Crippen LogP contribution in [0.25, 0.3) is 10.9 Å². The highest BCUT2D eigenvalue weighted by molar-refractivity contribution is 5.98. The summed E-state index contributed by atoms with van der Waals surface area (Å²) in [6.07, 6.45) is 1.53. The van der Waals surface area contributed by atoms with Crippen molar-refractivity contribution in [2.75, 3.05) is 52.3 Å². The molecule has 1 saturated heterocycles. The Morgan fingerprint density at radius 3 is 2.85 bits per heavy atom. The molecule has 2 aromatic rings. The van der Waals surface area contributed by atoms with Gasteiger partial charge in [0.25, 0.3) is 5.56 Å². The number of nitrogens with zero attached hydrogens (tertiary/aromatic N) is 3. The predicted octanol–water partition coefficient (Wildman–Crippen LogP) is 1.28. The number of anilines is 1. The van der Waals surface area contributed by atoms with Gasteiger partial charge >= 0.3 is 0 Å². The number of aromatic nitrogens is 1. The van der Waals surface area contributed by atoms with E-state index in [1.807, 2.05) is 19.2 Å². The van der Waals surface area contributed by atoms with Crippen molar-refractivity contribution in [2.45, 2.75) is 19.4 Å². The van der Waals surface area contributed by atoms with Crippen LogP contribution in [-0.4, -0.2) is 67.0 Å². The Hall–Kier alpha value is -2.29. The normalized spacial score (nSPS) is 17.7. The maximum atomic E-state index is 12.6. The molecule has 0 radical (unpaired) electrons. The van der Waals surface area contributed by atoms with E-state index in [0.717, 1.165) is 60.6 Å². The molecule has 0 amide bonds. The summed E-state index contributed by atoms with van der Waals surface area (Å²) >= 11 is 0. The lowest BCUT2D eigenvalue weighted by molar-refractivity contribution is -0.0802. The summed E-state index contributed by atoms with van der Waals surface area (Å²) in [5, 5.41) is 19.0. The van der Waals surface area contributed by atoms with Crippen molar-refractivity contribution in [3.8, 4) is 5.75 Å². The summed E-state index contributed by atoms with van der Waals surface area (Å²) < 4.78 is 11.8. The second-order valence-electron chi connectivity index (χ2n) is 7.07. The molecule has 0 saturated carbocycles. The fraction of sp³-hybridized carbons (Fsp3) is 0.526. The molecule has 1 aromatic carbocycles. The number of hydrogen-bond donors (Lipinski definition) is 2. The lowest BCUT2D eigenvalue weighted by Crippen LogP contribution is -2.46. The molecule has 4 rings (SSSR count). The lowest BCUT2D eigenvalue weighted by Gasteiger charge is -2.34. The van der Waals surface area contributed by atoms with Gasteiger partial charge in [-0.05, 0) is 30.5 Å². The molecule has 0 bridgehead atoms. The highest BCUT2D eigenvalue weighted by Crippen LogP contribution is 2.36. The van der Waals surface area contributed by atoms with Crippen LogP contribution in [0.2, 0.25) is 0 Å². The minimum absolute atomic E-state index is 0.356. The number of rotatable bonds is 4. The van der Waals surface area contributed by atoms with Gasteiger partial charge in [0.15, 0.2) is 0 Å². The number of nitrogens with one attached hydrogen (secondary N) is 1. The number of hydrazine groups is 1. The zero-order chi connectivity index (χ0) is 19.0. The van der Waals surface area contributed by atoms with Crippen LogP contribution in [0, 0.1) is 0 Å². The van der Waals surface area contributed by atoms with Crippen LogP contribution < -0.4 is 15.6 Å². The van der Waals surface area contributed by atoms with E-state index in [2.05, 4.69) is 15.3 Å². The van der Waals surface area contributed by atoms with Crippen LogP contribution in [0.1, 0.15) is 17.5 Å². The van der Waals surface area contributed by atoms with Crippen LogP contribution in [0.4, 0.5) is 5.69 Å². The van der Waals surface area contributed by atoms with E-state index in [-0.39, 0.29) is 5.56 Å². The van der Waals surface area contributed by atoms with Crippen molar-refractivity contribution >= 4 is 16.6 Å². The summed E-state index contributed by atoms with van der Waals surface area (Å²) in [7, 11) is 3.65. The highest BCUT2D eigenvalue weighted by Gasteiger charge is 2.23. The van der Waals surface area contributed by atoms with Gasteiger partial charge in [0.1, 0.15) is 5.75 Å². The smallest absolute Gasteiger partial charge is 0.288 e. The Morgan fingerprint density at radius 2 is 2.11 bits per heavy atom. The third-order valence-corrected chi connectivity index (χ3v) is 5.38. The molecule has 0 aliphatic carbocycles. The molecule has 0 spiro atoms. The van der Waals surface area contributed by atoms with Crippen LogP contribution in [0.15, 0.2) is 16.9 Å². The first-order chi connectivity index (χ1) is 13.1. The summed E-state index contributed by atoms with van der Waals surface area (Å²) in [6.45, 7) is 4.60. The molecular weight excluding hydrogens is 348 g/mol. The quantitative estimate of drug-likeness (QED) is 0.781. The molecule has 146 valence electrons. The maximum Gasteiger partial charge on any atom is 0.288 e. The summed E-state index contributed by atoms with van der Waals surface area (Å²) in [6, 6.07) is 3.85. The monoisotopic (exact) mass is 374 g/mol. The summed E-state index contributed by atoms with van der Waals surface area (Å²) in [5.74, 6) is 0.659. The van der Waals surface area contributed by atoms with Crippen molar-refractivity contribution in [1.29, 1.82) is 0 Å². The van der Waals surface area contributed by atoms with E-state index in [1.54, 1.807) is 7.11 Å². The van der Waals surface area contributed by atoms with Crippen LogP contribution in [0.3, 0.4) is 0 Å². The largest absolute Gasteiger partial charge is 0.496 e. The Labute approximate surface area is 157 Å². The molecule has 2 aliphatic heterocycles. The van der Waals surface area contributed by atoms with Crippen molar-refractivity contribution in [1.82, 2.24) is 14.7 Å². The molecular formula is C19H26N4O4. The van der Waals surface area contributed by atoms with E-state index in [4.69, 9.17) is 9.47 Å². The second kappa shape index (κ2) is 7.38. The number of methoxy groups -OCH3 is 1. The van der Waals surface area contributed by atoms with Gasteiger partial charge < -0.3 is 20.0 Å². The molecule has 8 nitrogen and oxygen atoms in total. The minimum atomic E-state index is -0.356. The van der Waals surface area contributed by atoms with E-state index < -0.39 is 0 Å². The van der Waals surface area contributed by atoms with Gasteiger partial charge in [-0.25, -0.2) is 10.0 Å². The Kier molecular flexibility index (Phi) is 4.94. The van der Waals surface area contributed by atoms with Crippen LogP contribution in [0.5, 0.6) is 5.75 Å². The van der Waals surface area contributed by atoms with Gasteiger partial charge in [0.2, 0.25) is 0 Å². The summed E-state index contributed by atoms with van der Waals surface area (Å²) in [4.78, 5) is 12.6. The van der Waals surface area contributed by atoms with Gasteiger partial charge in [-0.2, -0.15) is 0 Å². The van der Waals surface area contributed by atoms with Crippen molar-refractivity contribution in [2.24, 2.45) is 0 Å². The number of morpholine rings is 1. The van der Waals surface area contributed by atoms with Crippen LogP contribution in [-0.2, 0) is 17.7 Å². The molecule has 1 fully saturated rings. The molecule has 27 heavy (non-hydrogen) atoms. The van der Waals surface area contributed by atoms with E-state index in [9.17, 15) is 10.0 Å². The van der Waals surface area contributed by atoms with E-state index >= 15 is 0 Å².